The van der Waals surface area contributed by atoms with Crippen molar-refractivity contribution in [2.75, 3.05) is 11.5 Å². The number of carbonyl (C=O) groups excluding carboxylic acids is 1. The minimum atomic E-state index is -2.43. The van der Waals surface area contributed by atoms with Crippen molar-refractivity contribution in [3.05, 3.63) is 0 Å². The minimum Gasteiger partial charge on any atom is -0.370 e. The summed E-state index contributed by atoms with van der Waals surface area (Å²) in [5, 5.41) is 0. The maximum atomic E-state index is 12.3. The van der Waals surface area contributed by atoms with E-state index in [4.69, 9.17) is 5.73 Å². The first-order valence-corrected chi connectivity index (χ1v) is 4.92. The third-order valence-electron chi connectivity index (χ3n) is 1.77. The molecule has 0 heterocycles. The Morgan fingerprint density at radius 2 is 2.25 bits per heavy atom. The number of rotatable bonds is 5. The molecule has 0 aliphatic heterocycles. The molecule has 1 fully saturated rings. The van der Waals surface area contributed by atoms with Gasteiger partial charge in [-0.2, -0.15) is 11.8 Å². The van der Waals surface area contributed by atoms with Gasteiger partial charge in [0.2, 0.25) is 5.91 Å². The molecule has 1 aliphatic carbocycles. The highest BCUT2D eigenvalue weighted by Crippen LogP contribution is 2.49. The lowest BCUT2D eigenvalue weighted by atomic mass is 10.5. The molecule has 1 atom stereocenters. The van der Waals surface area contributed by atoms with Gasteiger partial charge in [0.05, 0.1) is 0 Å². The summed E-state index contributed by atoms with van der Waals surface area (Å²) in [6, 6.07) is 0. The first-order chi connectivity index (χ1) is 5.52. The smallest absolute Gasteiger partial charge is 0.252 e. The van der Waals surface area contributed by atoms with Gasteiger partial charge in [-0.05, 0) is 0 Å². The number of halogens is 2. The molecule has 0 radical (unpaired) electrons. The van der Waals surface area contributed by atoms with Crippen LogP contribution in [0.15, 0.2) is 0 Å². The number of hydrogen-bond donors (Lipinski definition) is 1. The van der Waals surface area contributed by atoms with Crippen molar-refractivity contribution in [1.82, 2.24) is 0 Å². The number of carbonyl (C=O) groups is 1. The van der Waals surface area contributed by atoms with Gasteiger partial charge in [0.1, 0.15) is 0 Å². The molecule has 1 aliphatic rings. The Hall–Kier alpha value is -0.320. The lowest BCUT2D eigenvalue weighted by Gasteiger charge is -1.97. The van der Waals surface area contributed by atoms with E-state index in [2.05, 4.69) is 0 Å². The summed E-state index contributed by atoms with van der Waals surface area (Å²) < 4.78 is 24.6. The summed E-state index contributed by atoms with van der Waals surface area (Å²) in [5.74, 6) is -2.26. The van der Waals surface area contributed by atoms with E-state index >= 15 is 0 Å². The zero-order valence-corrected chi connectivity index (χ0v) is 7.37. The molecular formula is C7H11F2NOS. The summed E-state index contributed by atoms with van der Waals surface area (Å²) in [6.45, 7) is 0. The SMILES string of the molecule is NC(=O)CCSCC1CC1(F)F. The fraction of sp³-hybridized carbons (Fsp3) is 0.857. The number of thioether (sulfide) groups is 1. The number of hydrogen-bond acceptors (Lipinski definition) is 2. The fourth-order valence-corrected chi connectivity index (χ4v) is 2.01. The highest BCUT2D eigenvalue weighted by atomic mass is 32.2. The predicted molar refractivity (Wildman–Crippen MR) is 44.2 cm³/mol. The van der Waals surface area contributed by atoms with Gasteiger partial charge >= 0.3 is 0 Å². The highest BCUT2D eigenvalue weighted by molar-refractivity contribution is 7.99. The number of alkyl halides is 2. The molecule has 0 spiro atoms. The van der Waals surface area contributed by atoms with E-state index in [0.717, 1.165) is 0 Å². The quantitative estimate of drug-likeness (QED) is 0.671. The Morgan fingerprint density at radius 3 is 2.67 bits per heavy atom. The number of amides is 1. The minimum absolute atomic E-state index is 0.0105. The Kier molecular flexibility index (Phi) is 2.93. The molecule has 2 nitrogen and oxygen atoms in total. The average Bonchev–Trinajstić information content (AvgIpc) is 2.51. The summed E-state index contributed by atoms with van der Waals surface area (Å²) >= 11 is 1.37. The van der Waals surface area contributed by atoms with E-state index in [9.17, 15) is 13.6 Å². The van der Waals surface area contributed by atoms with Gasteiger partial charge < -0.3 is 5.73 Å². The van der Waals surface area contributed by atoms with Crippen molar-refractivity contribution in [2.24, 2.45) is 11.7 Å². The first-order valence-electron chi connectivity index (χ1n) is 3.76. The molecule has 12 heavy (non-hydrogen) atoms. The molecule has 1 rings (SSSR count). The van der Waals surface area contributed by atoms with Gasteiger partial charge in [-0.15, -0.1) is 0 Å². The van der Waals surface area contributed by atoms with E-state index in [0.29, 0.717) is 11.5 Å². The van der Waals surface area contributed by atoms with E-state index in [1.807, 2.05) is 0 Å². The maximum absolute atomic E-state index is 12.3. The Balaban J connectivity index is 1.94. The van der Waals surface area contributed by atoms with E-state index in [1.165, 1.54) is 11.8 Å². The Labute approximate surface area is 73.9 Å². The number of primary amides is 1. The standard InChI is InChI=1S/C7H11F2NOS/c8-7(9)3-5(7)4-12-2-1-6(10)11/h5H,1-4H2,(H2,10,11). The first kappa shape index (κ1) is 9.77. The molecule has 1 unspecified atom stereocenters. The topological polar surface area (TPSA) is 43.1 Å². The van der Waals surface area contributed by atoms with Gasteiger partial charge in [-0.25, -0.2) is 8.78 Å². The molecular weight excluding hydrogens is 184 g/mol. The third kappa shape index (κ3) is 2.97. The van der Waals surface area contributed by atoms with Gasteiger partial charge in [0.25, 0.3) is 5.92 Å². The summed E-state index contributed by atoms with van der Waals surface area (Å²) in [4.78, 5) is 10.2. The van der Waals surface area contributed by atoms with Gasteiger partial charge in [-0.1, -0.05) is 0 Å². The molecule has 0 aromatic carbocycles. The molecule has 1 saturated carbocycles. The molecule has 0 bridgehead atoms. The molecule has 0 aromatic rings. The summed E-state index contributed by atoms with van der Waals surface area (Å²) in [7, 11) is 0. The van der Waals surface area contributed by atoms with Crippen molar-refractivity contribution in [1.29, 1.82) is 0 Å². The molecule has 1 amide bonds. The largest absolute Gasteiger partial charge is 0.370 e. The van der Waals surface area contributed by atoms with Crippen molar-refractivity contribution in [2.45, 2.75) is 18.8 Å². The van der Waals surface area contributed by atoms with Crippen LogP contribution < -0.4 is 5.73 Å². The average molecular weight is 195 g/mol. The Bertz CT molecular complexity index is 186. The van der Waals surface area contributed by atoms with Gasteiger partial charge in [-0.3, -0.25) is 4.79 Å². The lowest BCUT2D eigenvalue weighted by Crippen LogP contribution is -2.11. The predicted octanol–water partition coefficient (Wildman–Crippen LogP) is 1.25. The van der Waals surface area contributed by atoms with Crippen molar-refractivity contribution < 1.29 is 13.6 Å². The molecule has 5 heteroatoms. The monoisotopic (exact) mass is 195 g/mol. The van der Waals surface area contributed by atoms with Gasteiger partial charge in [0, 0.05) is 30.3 Å². The molecule has 0 saturated heterocycles. The summed E-state index contributed by atoms with van der Waals surface area (Å²) in [5.41, 5.74) is 4.88. The maximum Gasteiger partial charge on any atom is 0.252 e. The van der Waals surface area contributed by atoms with E-state index < -0.39 is 11.8 Å². The van der Waals surface area contributed by atoms with Crippen LogP contribution in [0.3, 0.4) is 0 Å². The van der Waals surface area contributed by atoms with Crippen LogP contribution in [0.25, 0.3) is 0 Å². The third-order valence-corrected chi connectivity index (χ3v) is 2.90. The fourth-order valence-electron chi connectivity index (χ4n) is 0.849. The number of nitrogens with two attached hydrogens (primary N) is 1. The van der Waals surface area contributed by atoms with Crippen LogP contribution in [0, 0.1) is 5.92 Å². The zero-order chi connectivity index (χ0) is 9.19. The van der Waals surface area contributed by atoms with Crippen LogP contribution in [0.2, 0.25) is 0 Å². The van der Waals surface area contributed by atoms with Crippen molar-refractivity contribution in [3.63, 3.8) is 0 Å². The molecule has 70 valence electrons. The van der Waals surface area contributed by atoms with Crippen molar-refractivity contribution in [3.8, 4) is 0 Å². The van der Waals surface area contributed by atoms with Crippen molar-refractivity contribution >= 4 is 17.7 Å². The van der Waals surface area contributed by atoms with Crippen LogP contribution in [-0.2, 0) is 4.79 Å². The summed E-state index contributed by atoms with van der Waals surface area (Å²) in [6.07, 6.45) is 0.291. The van der Waals surface area contributed by atoms with Crippen LogP contribution in [0.1, 0.15) is 12.8 Å². The van der Waals surface area contributed by atoms with Gasteiger partial charge in [0.15, 0.2) is 0 Å². The van der Waals surface area contributed by atoms with Crippen LogP contribution in [-0.4, -0.2) is 23.3 Å². The zero-order valence-electron chi connectivity index (χ0n) is 6.56. The van der Waals surface area contributed by atoms with Crippen LogP contribution in [0.4, 0.5) is 8.78 Å². The van der Waals surface area contributed by atoms with E-state index in [1.54, 1.807) is 0 Å². The van der Waals surface area contributed by atoms with Crippen LogP contribution >= 0.6 is 11.8 Å². The second-order valence-corrected chi connectivity index (χ2v) is 4.10. The molecule has 0 aromatic heterocycles. The second kappa shape index (κ2) is 3.60. The highest BCUT2D eigenvalue weighted by Gasteiger charge is 2.56. The normalized spacial score (nSPS) is 25.3. The Morgan fingerprint density at radius 1 is 1.67 bits per heavy atom. The lowest BCUT2D eigenvalue weighted by molar-refractivity contribution is -0.117. The second-order valence-electron chi connectivity index (χ2n) is 2.95. The van der Waals surface area contributed by atoms with Crippen LogP contribution in [0.5, 0.6) is 0 Å². The molecule has 2 N–H and O–H groups in total. The van der Waals surface area contributed by atoms with E-state index in [-0.39, 0.29) is 18.7 Å².